The fourth-order valence-corrected chi connectivity index (χ4v) is 2.67. The first-order chi connectivity index (χ1) is 8.81. The van der Waals surface area contributed by atoms with Crippen LogP contribution in [0.3, 0.4) is 0 Å². The number of benzene rings is 1. The summed E-state index contributed by atoms with van der Waals surface area (Å²) in [6.45, 7) is 3.74. The van der Waals surface area contributed by atoms with Gasteiger partial charge in [-0.25, -0.2) is 0 Å². The summed E-state index contributed by atoms with van der Waals surface area (Å²) in [4.78, 5) is 25.8. The number of nitrogens with zero attached hydrogens (tertiary/aromatic N) is 1. The summed E-state index contributed by atoms with van der Waals surface area (Å²) >= 11 is 9.40. The monoisotopic (exact) mass is 344 g/mol. The van der Waals surface area contributed by atoms with Gasteiger partial charge in [-0.05, 0) is 48.0 Å². The third kappa shape index (κ3) is 2.92. The lowest BCUT2D eigenvalue weighted by Crippen LogP contribution is -2.53. The highest BCUT2D eigenvalue weighted by Crippen LogP contribution is 2.31. The Morgan fingerprint density at radius 1 is 1.37 bits per heavy atom. The van der Waals surface area contributed by atoms with Gasteiger partial charge in [-0.3, -0.25) is 9.59 Å². The molecule has 1 N–H and O–H groups in total. The van der Waals surface area contributed by atoms with Gasteiger partial charge in [0.2, 0.25) is 5.91 Å². The van der Waals surface area contributed by atoms with E-state index in [2.05, 4.69) is 21.2 Å². The summed E-state index contributed by atoms with van der Waals surface area (Å²) in [6, 6.07) is 5.25. The topological polar surface area (TPSA) is 49.4 Å². The van der Waals surface area contributed by atoms with E-state index in [9.17, 15) is 9.59 Å². The van der Waals surface area contributed by atoms with Gasteiger partial charge >= 0.3 is 0 Å². The lowest BCUT2D eigenvalue weighted by molar-refractivity contribution is -0.128. The fraction of sp³-hybridized carbons (Fsp3) is 0.385. The van der Waals surface area contributed by atoms with E-state index >= 15 is 0 Å². The summed E-state index contributed by atoms with van der Waals surface area (Å²) in [5, 5.41) is 3.27. The largest absolute Gasteiger partial charge is 0.342 e. The van der Waals surface area contributed by atoms with Crippen LogP contribution in [0.15, 0.2) is 22.7 Å². The number of halogens is 2. The Balaban J connectivity index is 2.45. The van der Waals surface area contributed by atoms with Crippen LogP contribution in [-0.4, -0.2) is 23.9 Å². The maximum absolute atomic E-state index is 12.5. The molecule has 0 saturated carbocycles. The molecule has 1 aliphatic heterocycles. The summed E-state index contributed by atoms with van der Waals surface area (Å²) in [7, 11) is 0. The Hall–Kier alpha value is -1.07. The van der Waals surface area contributed by atoms with Crippen molar-refractivity contribution < 1.29 is 9.59 Å². The van der Waals surface area contributed by atoms with Crippen molar-refractivity contribution in [3.63, 3.8) is 0 Å². The molecule has 1 aromatic carbocycles. The van der Waals surface area contributed by atoms with E-state index in [1.54, 1.807) is 36.9 Å². The van der Waals surface area contributed by atoms with Crippen LogP contribution in [0.5, 0.6) is 0 Å². The van der Waals surface area contributed by atoms with E-state index in [0.717, 1.165) is 4.47 Å². The van der Waals surface area contributed by atoms with Crippen molar-refractivity contribution in [3.8, 4) is 0 Å². The Bertz CT molecular complexity index is 545. The highest BCUT2D eigenvalue weighted by Gasteiger charge is 2.37. The molecular formula is C13H14BrClN2O2. The second-order valence-electron chi connectivity index (χ2n) is 4.98. The normalized spacial score (nSPS) is 19.1. The average Bonchev–Trinajstić information content (AvgIpc) is 2.41. The summed E-state index contributed by atoms with van der Waals surface area (Å²) in [5.74, 6) is -0.277. The Morgan fingerprint density at radius 3 is 2.74 bits per heavy atom. The van der Waals surface area contributed by atoms with Gasteiger partial charge in [0.1, 0.15) is 5.54 Å². The van der Waals surface area contributed by atoms with E-state index in [1.165, 1.54) is 0 Å². The molecule has 4 nitrogen and oxygen atoms in total. The van der Waals surface area contributed by atoms with Crippen molar-refractivity contribution in [1.82, 2.24) is 5.32 Å². The molecule has 0 radical (unpaired) electrons. The van der Waals surface area contributed by atoms with E-state index in [-0.39, 0.29) is 18.2 Å². The zero-order valence-corrected chi connectivity index (χ0v) is 13.0. The minimum Gasteiger partial charge on any atom is -0.342 e. The molecular weight excluding hydrogens is 332 g/mol. The van der Waals surface area contributed by atoms with Crippen molar-refractivity contribution in [3.05, 3.63) is 27.7 Å². The number of carbonyl (C=O) groups is 2. The quantitative estimate of drug-likeness (QED) is 0.851. The smallest absolute Gasteiger partial charge is 0.252 e. The minimum absolute atomic E-state index is 0.126. The van der Waals surface area contributed by atoms with Crippen LogP contribution < -0.4 is 10.2 Å². The van der Waals surface area contributed by atoms with E-state index < -0.39 is 5.54 Å². The zero-order chi connectivity index (χ0) is 14.2. The van der Waals surface area contributed by atoms with E-state index in [0.29, 0.717) is 17.3 Å². The van der Waals surface area contributed by atoms with Gasteiger partial charge in [-0.2, -0.15) is 0 Å². The molecule has 0 atom stereocenters. The molecule has 1 saturated heterocycles. The molecule has 19 heavy (non-hydrogen) atoms. The van der Waals surface area contributed by atoms with Crippen molar-refractivity contribution in [2.75, 3.05) is 11.4 Å². The van der Waals surface area contributed by atoms with Crippen molar-refractivity contribution in [2.45, 2.75) is 25.8 Å². The molecule has 1 fully saturated rings. The molecule has 0 aromatic heterocycles. The lowest BCUT2D eigenvalue weighted by Gasteiger charge is -2.29. The van der Waals surface area contributed by atoms with Crippen LogP contribution >= 0.6 is 27.5 Å². The number of nitrogens with one attached hydrogen (secondary N) is 1. The van der Waals surface area contributed by atoms with Crippen molar-refractivity contribution in [2.24, 2.45) is 0 Å². The second kappa shape index (κ2) is 5.13. The first-order valence-corrected chi connectivity index (χ1v) is 7.06. The van der Waals surface area contributed by atoms with Crippen LogP contribution in [0.2, 0.25) is 5.02 Å². The minimum atomic E-state index is -0.921. The van der Waals surface area contributed by atoms with Crippen molar-refractivity contribution in [1.29, 1.82) is 0 Å². The highest BCUT2D eigenvalue weighted by atomic mass is 79.9. The molecule has 2 amide bonds. The van der Waals surface area contributed by atoms with Gasteiger partial charge in [-0.1, -0.05) is 11.6 Å². The molecule has 0 spiro atoms. The summed E-state index contributed by atoms with van der Waals surface area (Å²) in [5.41, 5.74) is -0.239. The van der Waals surface area contributed by atoms with Crippen LogP contribution in [-0.2, 0) is 9.59 Å². The maximum Gasteiger partial charge on any atom is 0.252 e. The van der Waals surface area contributed by atoms with Crippen molar-refractivity contribution >= 4 is 45.0 Å². The SMILES string of the molecule is CC1(C)NC(=O)CCN(c2cc(Cl)ccc2Br)C1=O. The number of carbonyl (C=O) groups excluding carboxylic acids is 2. The van der Waals surface area contributed by atoms with Crippen LogP contribution in [0.4, 0.5) is 5.69 Å². The molecule has 2 rings (SSSR count). The molecule has 1 heterocycles. The number of amides is 2. The number of hydrogen-bond donors (Lipinski definition) is 1. The predicted molar refractivity (Wildman–Crippen MR) is 78.3 cm³/mol. The van der Waals surface area contributed by atoms with Gasteiger partial charge in [0.25, 0.3) is 5.91 Å². The predicted octanol–water partition coefficient (Wildman–Crippen LogP) is 2.73. The lowest BCUT2D eigenvalue weighted by atomic mass is 10.0. The molecule has 1 aliphatic rings. The number of hydrogen-bond acceptors (Lipinski definition) is 2. The number of rotatable bonds is 1. The van der Waals surface area contributed by atoms with Gasteiger partial charge in [0.15, 0.2) is 0 Å². The Morgan fingerprint density at radius 2 is 2.05 bits per heavy atom. The second-order valence-corrected chi connectivity index (χ2v) is 6.27. The first-order valence-electron chi connectivity index (χ1n) is 5.89. The Labute approximate surface area is 125 Å². The summed E-state index contributed by atoms with van der Waals surface area (Å²) < 4.78 is 0.774. The third-order valence-electron chi connectivity index (χ3n) is 2.99. The first kappa shape index (κ1) is 14.3. The highest BCUT2D eigenvalue weighted by molar-refractivity contribution is 9.10. The Kier molecular flexibility index (Phi) is 3.87. The van der Waals surface area contributed by atoms with Gasteiger partial charge in [0, 0.05) is 22.5 Å². The molecule has 0 unspecified atom stereocenters. The van der Waals surface area contributed by atoms with Crippen LogP contribution in [0, 0.1) is 0 Å². The van der Waals surface area contributed by atoms with Crippen LogP contribution in [0.1, 0.15) is 20.3 Å². The standard InChI is InChI=1S/C13H14BrClN2O2/c1-13(2)12(19)17(6-5-11(18)16-13)10-7-8(15)3-4-9(10)14/h3-4,7H,5-6H2,1-2H3,(H,16,18). The van der Waals surface area contributed by atoms with E-state index in [4.69, 9.17) is 11.6 Å². The van der Waals surface area contributed by atoms with Crippen LogP contribution in [0.25, 0.3) is 0 Å². The average molecular weight is 346 g/mol. The molecule has 102 valence electrons. The number of anilines is 1. The van der Waals surface area contributed by atoms with E-state index in [1.807, 2.05) is 0 Å². The maximum atomic E-state index is 12.5. The molecule has 1 aromatic rings. The molecule has 0 aliphatic carbocycles. The molecule has 0 bridgehead atoms. The van der Waals surface area contributed by atoms with Gasteiger partial charge < -0.3 is 10.2 Å². The molecule has 6 heteroatoms. The zero-order valence-electron chi connectivity index (χ0n) is 10.7. The fourth-order valence-electron chi connectivity index (χ4n) is 2.04. The van der Waals surface area contributed by atoms with Gasteiger partial charge in [0.05, 0.1) is 5.69 Å². The summed E-state index contributed by atoms with van der Waals surface area (Å²) in [6.07, 6.45) is 0.272. The van der Waals surface area contributed by atoms with Gasteiger partial charge in [-0.15, -0.1) is 0 Å². The third-order valence-corrected chi connectivity index (χ3v) is 3.90.